The van der Waals surface area contributed by atoms with Crippen LogP contribution in [0, 0.1) is 17.3 Å². The molecule has 10 nitrogen and oxygen atoms in total. The van der Waals surface area contributed by atoms with E-state index in [0.29, 0.717) is 29.3 Å². The monoisotopic (exact) mass is 594 g/mol. The molecule has 232 valence electrons. The molecular formula is C33H42N2O8. The van der Waals surface area contributed by atoms with E-state index < -0.39 is 49.2 Å². The van der Waals surface area contributed by atoms with E-state index in [0.717, 1.165) is 38.5 Å². The maximum atomic E-state index is 13.1. The fourth-order valence-corrected chi connectivity index (χ4v) is 8.27. The largest absolute Gasteiger partial charge is 0.463 e. The summed E-state index contributed by atoms with van der Waals surface area (Å²) in [4.78, 5) is 25.0. The number of hydrogen-bond donors (Lipinski definition) is 5. The summed E-state index contributed by atoms with van der Waals surface area (Å²) >= 11 is 0. The molecule has 1 heterocycles. The third kappa shape index (κ3) is 5.73. The highest BCUT2D eigenvalue weighted by molar-refractivity contribution is 5.73. The molecular weight excluding hydrogens is 552 g/mol. The molecule has 0 unspecified atom stereocenters. The maximum Gasteiger partial charge on any atom is 0.413 e. The van der Waals surface area contributed by atoms with Crippen LogP contribution in [-0.4, -0.2) is 70.6 Å². The van der Waals surface area contributed by atoms with Crippen LogP contribution in [0.2, 0.25) is 0 Å². The predicted octanol–water partition coefficient (Wildman–Crippen LogP) is 3.02. The van der Waals surface area contributed by atoms with Crippen molar-refractivity contribution in [1.29, 1.82) is 0 Å². The molecule has 2 aromatic rings. The SMILES string of the molecule is CC(=O)N[C@H]1[C@H](Oc2ccccc2)O[C@H](CO)[C@H](NC(=O)Oc2ccc3c(c2)CC[C@@H]2[C@@H]3CC[C@]3(C)[C@@H](O)CC[C@@H]23)[C@@H]1O. The minimum absolute atomic E-state index is 0.0201. The Morgan fingerprint density at radius 3 is 2.53 bits per heavy atom. The number of amides is 2. The van der Waals surface area contributed by atoms with Crippen LogP contribution in [0.1, 0.15) is 63.0 Å². The number of aliphatic hydroxyl groups is 3. The zero-order valence-corrected chi connectivity index (χ0v) is 24.6. The second-order valence-electron chi connectivity index (χ2n) is 12.8. The van der Waals surface area contributed by atoms with E-state index in [1.54, 1.807) is 30.3 Å². The molecule has 0 aromatic heterocycles. The Kier molecular flexibility index (Phi) is 8.39. The molecule has 1 aliphatic heterocycles. The lowest BCUT2D eigenvalue weighted by Gasteiger charge is -2.50. The molecule has 0 radical (unpaired) electrons. The first-order valence-corrected chi connectivity index (χ1v) is 15.4. The van der Waals surface area contributed by atoms with Crippen LogP contribution in [0.3, 0.4) is 0 Å². The van der Waals surface area contributed by atoms with Gasteiger partial charge in [0.05, 0.1) is 18.8 Å². The fourth-order valence-electron chi connectivity index (χ4n) is 8.27. The average molecular weight is 595 g/mol. The topological polar surface area (TPSA) is 147 Å². The molecule has 10 heteroatoms. The summed E-state index contributed by atoms with van der Waals surface area (Å²) in [6.45, 7) is 3.06. The number of fused-ring (bicyclic) bond motifs is 5. The second-order valence-corrected chi connectivity index (χ2v) is 12.8. The molecule has 0 bridgehead atoms. The number of nitrogens with one attached hydrogen (secondary N) is 2. The van der Waals surface area contributed by atoms with Gasteiger partial charge in [-0.15, -0.1) is 0 Å². The fraction of sp³-hybridized carbons (Fsp3) is 0.576. The van der Waals surface area contributed by atoms with Gasteiger partial charge in [-0.3, -0.25) is 4.79 Å². The summed E-state index contributed by atoms with van der Waals surface area (Å²) in [5.41, 5.74) is 2.51. The minimum atomic E-state index is -1.34. The number of para-hydroxylation sites is 1. The number of ether oxygens (including phenoxy) is 3. The van der Waals surface area contributed by atoms with E-state index in [2.05, 4.69) is 23.6 Å². The highest BCUT2D eigenvalue weighted by Crippen LogP contribution is 2.60. The van der Waals surface area contributed by atoms with E-state index in [4.69, 9.17) is 14.2 Å². The van der Waals surface area contributed by atoms with Gasteiger partial charge in [-0.25, -0.2) is 4.79 Å². The summed E-state index contributed by atoms with van der Waals surface area (Å²) in [6.07, 6.45) is 1.51. The van der Waals surface area contributed by atoms with Gasteiger partial charge in [0.25, 0.3) is 0 Å². The van der Waals surface area contributed by atoms with Crippen LogP contribution in [0.4, 0.5) is 4.79 Å². The summed E-state index contributed by atoms with van der Waals surface area (Å²) in [7, 11) is 0. The van der Waals surface area contributed by atoms with E-state index >= 15 is 0 Å². The first-order valence-electron chi connectivity index (χ1n) is 15.4. The number of aryl methyl sites for hydroxylation is 1. The van der Waals surface area contributed by atoms with E-state index in [-0.39, 0.29) is 11.5 Å². The highest BCUT2D eigenvalue weighted by Gasteiger charge is 2.54. The van der Waals surface area contributed by atoms with E-state index in [1.807, 2.05) is 12.1 Å². The van der Waals surface area contributed by atoms with Gasteiger partial charge >= 0.3 is 6.09 Å². The van der Waals surface area contributed by atoms with E-state index in [1.165, 1.54) is 18.1 Å². The Morgan fingerprint density at radius 1 is 1.00 bits per heavy atom. The van der Waals surface area contributed by atoms with Gasteiger partial charge in [0, 0.05) is 6.92 Å². The van der Waals surface area contributed by atoms with Gasteiger partial charge in [-0.05, 0) is 97.1 Å². The molecule has 2 aromatic carbocycles. The lowest BCUT2D eigenvalue weighted by Crippen LogP contribution is -2.69. The van der Waals surface area contributed by atoms with Crippen LogP contribution >= 0.6 is 0 Å². The van der Waals surface area contributed by atoms with Crippen molar-refractivity contribution in [3.8, 4) is 11.5 Å². The quantitative estimate of drug-likeness (QED) is 0.343. The van der Waals surface area contributed by atoms with Gasteiger partial charge in [0.15, 0.2) is 0 Å². The van der Waals surface area contributed by atoms with Crippen molar-refractivity contribution in [3.05, 3.63) is 59.7 Å². The molecule has 4 aliphatic rings. The number of carbonyl (C=O) groups is 2. The average Bonchev–Trinajstić information content (AvgIpc) is 3.30. The molecule has 3 fully saturated rings. The minimum Gasteiger partial charge on any atom is -0.463 e. The van der Waals surface area contributed by atoms with Crippen LogP contribution < -0.4 is 20.1 Å². The van der Waals surface area contributed by atoms with Gasteiger partial charge in [-0.2, -0.15) is 0 Å². The van der Waals surface area contributed by atoms with Crippen molar-refractivity contribution < 1.29 is 39.1 Å². The smallest absolute Gasteiger partial charge is 0.413 e. The second kappa shape index (κ2) is 12.1. The Morgan fingerprint density at radius 2 is 1.79 bits per heavy atom. The molecule has 0 spiro atoms. The van der Waals surface area contributed by atoms with Gasteiger partial charge < -0.3 is 40.2 Å². The molecule has 43 heavy (non-hydrogen) atoms. The molecule has 1 saturated heterocycles. The molecule has 10 atom stereocenters. The van der Waals surface area contributed by atoms with Gasteiger partial charge in [0.2, 0.25) is 12.2 Å². The Bertz CT molecular complexity index is 1320. The van der Waals surface area contributed by atoms with Gasteiger partial charge in [-0.1, -0.05) is 31.2 Å². The summed E-state index contributed by atoms with van der Waals surface area (Å²) < 4.78 is 17.5. The number of aliphatic hydroxyl groups excluding tert-OH is 3. The summed E-state index contributed by atoms with van der Waals surface area (Å²) in [5, 5.41) is 37.3. The number of hydrogen-bond acceptors (Lipinski definition) is 8. The Hall–Kier alpha value is -3.18. The number of rotatable bonds is 6. The molecule has 3 aliphatic carbocycles. The van der Waals surface area contributed by atoms with Gasteiger partial charge in [0.1, 0.15) is 29.7 Å². The first kappa shape index (κ1) is 29.9. The van der Waals surface area contributed by atoms with E-state index in [9.17, 15) is 24.9 Å². The van der Waals surface area contributed by atoms with Crippen LogP contribution in [0.25, 0.3) is 0 Å². The first-order chi connectivity index (χ1) is 20.7. The van der Waals surface area contributed by atoms with Crippen LogP contribution in [0.5, 0.6) is 11.5 Å². The number of benzene rings is 2. The maximum absolute atomic E-state index is 13.1. The third-order valence-corrected chi connectivity index (χ3v) is 10.4. The summed E-state index contributed by atoms with van der Waals surface area (Å²) in [5.74, 6) is 1.99. The van der Waals surface area contributed by atoms with Crippen LogP contribution in [0.15, 0.2) is 48.5 Å². The standard InChI is InChI=1S/C33H42N2O8/c1-18(37)34-29-30(39)28(26(17-36)43-31(29)41-20-6-4-3-5-7-20)35-32(40)42-21-9-11-22-19(16-21)8-10-24-23(22)14-15-33(2)25(24)12-13-27(33)38/h3-7,9,11,16,23-31,36,38-39H,8,10,12-15,17H2,1-2H3,(H,34,37)(H,35,40)/t23-,24-,25+,26-,27+,28+,29-,30+,31-,33+/m1/s1. The lowest BCUT2D eigenvalue weighted by molar-refractivity contribution is -0.213. The van der Waals surface area contributed by atoms with Crippen molar-refractivity contribution in [3.63, 3.8) is 0 Å². The third-order valence-electron chi connectivity index (χ3n) is 10.4. The van der Waals surface area contributed by atoms with Crippen molar-refractivity contribution in [2.75, 3.05) is 6.61 Å². The molecule has 6 rings (SSSR count). The molecule has 5 N–H and O–H groups in total. The predicted molar refractivity (Wildman–Crippen MR) is 156 cm³/mol. The van der Waals surface area contributed by atoms with Crippen molar-refractivity contribution in [2.24, 2.45) is 17.3 Å². The van der Waals surface area contributed by atoms with Crippen molar-refractivity contribution >= 4 is 12.0 Å². The van der Waals surface area contributed by atoms with Crippen molar-refractivity contribution in [1.82, 2.24) is 10.6 Å². The van der Waals surface area contributed by atoms with Crippen LogP contribution in [-0.2, 0) is 16.0 Å². The normalized spacial score (nSPS) is 36.4. The Balaban J connectivity index is 1.13. The zero-order chi connectivity index (χ0) is 30.3. The Labute approximate surface area is 251 Å². The number of carbonyl (C=O) groups excluding carboxylic acids is 2. The lowest BCUT2D eigenvalue weighted by atomic mass is 9.55. The van der Waals surface area contributed by atoms with Crippen molar-refractivity contribution in [2.45, 2.75) is 95.0 Å². The highest BCUT2D eigenvalue weighted by atomic mass is 16.7. The summed E-state index contributed by atoms with van der Waals surface area (Å²) in [6, 6.07) is 12.5. The molecule has 2 amide bonds. The molecule has 2 saturated carbocycles. The zero-order valence-electron chi connectivity index (χ0n) is 24.6.